The van der Waals surface area contributed by atoms with Crippen LogP contribution >= 0.6 is 0 Å². The van der Waals surface area contributed by atoms with Crippen LogP contribution in [0.4, 0.5) is 5.69 Å². The fourth-order valence-electron chi connectivity index (χ4n) is 3.34. The molecule has 3 N–H and O–H groups in total. The van der Waals surface area contributed by atoms with E-state index in [4.69, 9.17) is 10.5 Å². The molecule has 30 heavy (non-hydrogen) atoms. The Morgan fingerprint density at radius 1 is 1.03 bits per heavy atom. The molecule has 0 aliphatic rings. The van der Waals surface area contributed by atoms with Crippen molar-refractivity contribution in [3.8, 4) is 11.5 Å². The number of carbonyl (C=O) groups excluding carboxylic acids is 1. The highest BCUT2D eigenvalue weighted by Crippen LogP contribution is 2.46. The fourth-order valence-corrected chi connectivity index (χ4v) is 3.34. The van der Waals surface area contributed by atoms with Gasteiger partial charge in [0.15, 0.2) is 5.78 Å². The standard InChI is InChI=1S/C26H35NO3/c1-16(2)30-24-18(11-14-21(28)17-9-12-19(27)13-10-17)15-20(25(3,4)5)23(29)22(24)26(6,7)8/h9-16,29H,27H2,1-8H3. The molecule has 0 saturated carbocycles. The molecular weight excluding hydrogens is 374 g/mol. The van der Waals surface area contributed by atoms with Crippen LogP contribution in [0.25, 0.3) is 6.08 Å². The third kappa shape index (κ3) is 5.44. The van der Waals surface area contributed by atoms with Gasteiger partial charge in [0, 0.05) is 27.9 Å². The predicted octanol–water partition coefficient (Wildman–Crippen LogP) is 6.25. The molecule has 0 bridgehead atoms. The number of rotatable bonds is 5. The zero-order chi connectivity index (χ0) is 22.9. The lowest BCUT2D eigenvalue weighted by Crippen LogP contribution is -2.21. The van der Waals surface area contributed by atoms with Gasteiger partial charge in [0.05, 0.1) is 6.10 Å². The van der Waals surface area contributed by atoms with Crippen LogP contribution in [0.15, 0.2) is 36.4 Å². The van der Waals surface area contributed by atoms with Gasteiger partial charge in [0.25, 0.3) is 0 Å². The van der Waals surface area contributed by atoms with E-state index in [1.165, 1.54) is 0 Å². The molecule has 0 aliphatic carbocycles. The summed E-state index contributed by atoms with van der Waals surface area (Å²) in [7, 11) is 0. The third-order valence-electron chi connectivity index (χ3n) is 4.80. The molecule has 0 radical (unpaired) electrons. The molecule has 0 aromatic heterocycles. The number of nitrogens with two attached hydrogens (primary N) is 1. The summed E-state index contributed by atoms with van der Waals surface area (Å²) in [6.07, 6.45) is 3.25. The number of hydrogen-bond acceptors (Lipinski definition) is 4. The zero-order valence-corrected chi connectivity index (χ0v) is 19.5. The Bertz CT molecular complexity index is 940. The van der Waals surface area contributed by atoms with E-state index in [0.29, 0.717) is 17.0 Å². The van der Waals surface area contributed by atoms with E-state index in [-0.39, 0.29) is 28.5 Å². The fraction of sp³-hybridized carbons (Fsp3) is 0.423. The Morgan fingerprint density at radius 3 is 2.07 bits per heavy atom. The lowest BCUT2D eigenvalue weighted by atomic mass is 9.77. The molecule has 2 rings (SSSR count). The maximum absolute atomic E-state index is 12.7. The summed E-state index contributed by atoms with van der Waals surface area (Å²) in [4.78, 5) is 12.7. The van der Waals surface area contributed by atoms with E-state index in [9.17, 15) is 9.90 Å². The first kappa shape index (κ1) is 23.5. The van der Waals surface area contributed by atoms with Crippen molar-refractivity contribution in [2.75, 3.05) is 5.73 Å². The first-order chi connectivity index (χ1) is 13.7. The summed E-state index contributed by atoms with van der Waals surface area (Å²) in [5.74, 6) is 0.755. The van der Waals surface area contributed by atoms with E-state index in [1.54, 1.807) is 36.4 Å². The Balaban J connectivity index is 2.68. The van der Waals surface area contributed by atoms with Crippen LogP contribution in [-0.2, 0) is 10.8 Å². The first-order valence-electron chi connectivity index (χ1n) is 10.4. The van der Waals surface area contributed by atoms with E-state index in [1.807, 2.05) is 19.9 Å². The summed E-state index contributed by atoms with van der Waals surface area (Å²) >= 11 is 0. The number of phenolic OH excluding ortho intramolecular Hbond substituents is 1. The minimum atomic E-state index is -0.348. The first-order valence-corrected chi connectivity index (χ1v) is 10.4. The molecule has 0 amide bonds. The minimum absolute atomic E-state index is 0.0778. The van der Waals surface area contributed by atoms with Gasteiger partial charge in [-0.3, -0.25) is 4.79 Å². The number of benzene rings is 2. The number of carbonyl (C=O) groups is 1. The average molecular weight is 410 g/mol. The van der Waals surface area contributed by atoms with E-state index in [2.05, 4.69) is 41.5 Å². The van der Waals surface area contributed by atoms with E-state index < -0.39 is 0 Å². The van der Waals surface area contributed by atoms with Gasteiger partial charge in [-0.1, -0.05) is 41.5 Å². The number of allylic oxidation sites excluding steroid dienone is 1. The number of nitrogen functional groups attached to an aromatic ring is 1. The molecule has 162 valence electrons. The summed E-state index contributed by atoms with van der Waals surface area (Å²) in [6.45, 7) is 16.2. The van der Waals surface area contributed by atoms with Gasteiger partial charge in [-0.2, -0.15) is 0 Å². The van der Waals surface area contributed by atoms with E-state index in [0.717, 1.165) is 16.7 Å². The highest BCUT2D eigenvalue weighted by atomic mass is 16.5. The van der Waals surface area contributed by atoms with E-state index >= 15 is 0 Å². The molecule has 0 heterocycles. The van der Waals surface area contributed by atoms with Crippen LogP contribution < -0.4 is 10.5 Å². The van der Waals surface area contributed by atoms with Crippen molar-refractivity contribution in [2.45, 2.75) is 72.3 Å². The summed E-state index contributed by atoms with van der Waals surface area (Å²) < 4.78 is 6.17. The lowest BCUT2D eigenvalue weighted by Gasteiger charge is -2.31. The maximum Gasteiger partial charge on any atom is 0.185 e. The van der Waals surface area contributed by atoms with Crippen LogP contribution in [0.3, 0.4) is 0 Å². The average Bonchev–Trinajstić information content (AvgIpc) is 2.58. The Labute approximate surface area is 180 Å². The van der Waals surface area contributed by atoms with Crippen molar-refractivity contribution >= 4 is 17.5 Å². The highest BCUT2D eigenvalue weighted by molar-refractivity contribution is 6.07. The van der Waals surface area contributed by atoms with Crippen molar-refractivity contribution in [1.29, 1.82) is 0 Å². The molecule has 4 nitrogen and oxygen atoms in total. The highest BCUT2D eigenvalue weighted by Gasteiger charge is 2.31. The van der Waals surface area contributed by atoms with Gasteiger partial charge >= 0.3 is 0 Å². The third-order valence-corrected chi connectivity index (χ3v) is 4.80. The maximum atomic E-state index is 12.7. The normalized spacial score (nSPS) is 12.6. The number of anilines is 1. The molecule has 4 heteroatoms. The van der Waals surface area contributed by atoms with Crippen LogP contribution in [0, 0.1) is 0 Å². The molecule has 0 unspecified atom stereocenters. The van der Waals surface area contributed by atoms with Gasteiger partial charge in [0.2, 0.25) is 0 Å². The quantitative estimate of drug-likeness (QED) is 0.348. The number of aromatic hydroxyl groups is 1. The van der Waals surface area contributed by atoms with Crippen molar-refractivity contribution in [2.24, 2.45) is 0 Å². The summed E-state index contributed by atoms with van der Waals surface area (Å²) in [5.41, 5.74) is 8.63. The van der Waals surface area contributed by atoms with Crippen LogP contribution in [0.5, 0.6) is 11.5 Å². The van der Waals surface area contributed by atoms with Crippen molar-refractivity contribution < 1.29 is 14.6 Å². The van der Waals surface area contributed by atoms with Crippen molar-refractivity contribution in [1.82, 2.24) is 0 Å². The van der Waals surface area contributed by atoms with Gasteiger partial charge in [-0.05, 0) is 67.2 Å². The molecular formula is C26H35NO3. The van der Waals surface area contributed by atoms with Gasteiger partial charge in [-0.25, -0.2) is 0 Å². The molecule has 0 atom stereocenters. The van der Waals surface area contributed by atoms with Gasteiger partial charge in [-0.15, -0.1) is 0 Å². The molecule has 0 fully saturated rings. The van der Waals surface area contributed by atoms with Crippen LogP contribution in [-0.4, -0.2) is 17.0 Å². The largest absolute Gasteiger partial charge is 0.507 e. The minimum Gasteiger partial charge on any atom is -0.507 e. The Morgan fingerprint density at radius 2 is 1.60 bits per heavy atom. The Kier molecular flexibility index (Phi) is 6.70. The summed E-state index contributed by atoms with van der Waals surface area (Å²) in [6, 6.07) is 8.78. The summed E-state index contributed by atoms with van der Waals surface area (Å²) in [5, 5.41) is 11.2. The molecule has 0 aliphatic heterocycles. The van der Waals surface area contributed by atoms with Crippen LogP contribution in [0.1, 0.15) is 82.4 Å². The lowest BCUT2D eigenvalue weighted by molar-refractivity contribution is 0.104. The second kappa shape index (κ2) is 8.55. The number of ether oxygens (including phenoxy) is 1. The second-order valence-corrected chi connectivity index (χ2v) is 10.1. The van der Waals surface area contributed by atoms with Crippen LogP contribution in [0.2, 0.25) is 0 Å². The number of phenols is 1. The molecule has 0 saturated heterocycles. The molecule has 2 aromatic carbocycles. The number of hydrogen-bond donors (Lipinski definition) is 2. The van der Waals surface area contributed by atoms with Gasteiger partial charge in [0.1, 0.15) is 11.5 Å². The topological polar surface area (TPSA) is 72.5 Å². The molecule has 2 aromatic rings. The molecule has 0 spiro atoms. The zero-order valence-electron chi connectivity index (χ0n) is 19.5. The predicted molar refractivity (Wildman–Crippen MR) is 125 cm³/mol. The SMILES string of the molecule is CC(C)Oc1c(C=CC(=O)c2ccc(N)cc2)cc(C(C)(C)C)c(O)c1C(C)(C)C. The van der Waals surface area contributed by atoms with Crippen molar-refractivity contribution in [3.63, 3.8) is 0 Å². The smallest absolute Gasteiger partial charge is 0.185 e. The Hall–Kier alpha value is -2.75. The number of ketones is 1. The second-order valence-electron chi connectivity index (χ2n) is 10.1. The van der Waals surface area contributed by atoms with Crippen molar-refractivity contribution in [3.05, 3.63) is 58.7 Å². The van der Waals surface area contributed by atoms with Gasteiger partial charge < -0.3 is 15.6 Å². The monoisotopic (exact) mass is 409 g/mol.